The molecule has 1 fully saturated rings. The van der Waals surface area contributed by atoms with E-state index in [9.17, 15) is 58.8 Å². The predicted molar refractivity (Wildman–Crippen MR) is 274 cm³/mol. The van der Waals surface area contributed by atoms with Crippen LogP contribution in [0, 0.1) is 0 Å². The van der Waals surface area contributed by atoms with Gasteiger partial charge in [-0.1, -0.05) is 124 Å². The van der Waals surface area contributed by atoms with Crippen LogP contribution in [-0.2, 0) is 46.3 Å². The Hall–Kier alpha value is -4.44. The molecule has 0 radical (unpaired) electrons. The standard InChI is InChI=1S/C50H77N3O18P2/c1-3-5-7-8-9-10-11-12-13-14-15-16-17-22-26-32-45(57)66-36-40(69-46(58)33-27-31-42(56)41(55)30-25-21-19-18-20-24-29-39(54)28-23-6-4-2)37-67-72(62,63)71-73(64,65)68-38-43-47(59)48(60)49(70-43)53-35-34-44(51)52-50(53)61/h6,9-10,12-13,15-16,18-21,23-25,29-30,34-35,39-43,47-49,54-56,59-60H,3-5,7-8,11,14,17,22,26-28,31-33,36-38H2,1-2H3,(H,62,63)(H,64,65)(H2,51,52,61)/b10-9-,13-12-,16-15-,20-18+,21-19-,23-6-,29-24+,30-25-/t39-,40+,41+,42+,43+,47+,48+,49+/m0/s1. The molecule has 0 spiro atoms. The number of aliphatic hydroxyl groups is 5. The van der Waals surface area contributed by atoms with Crippen LogP contribution >= 0.6 is 15.6 Å². The number of aromatic nitrogens is 2. The zero-order valence-electron chi connectivity index (χ0n) is 41.7. The topological polar surface area (TPSA) is 326 Å². The number of ether oxygens (including phenoxy) is 3. The summed E-state index contributed by atoms with van der Waals surface area (Å²) in [6, 6.07) is 1.22. The molecule has 0 bridgehead atoms. The van der Waals surface area contributed by atoms with Crippen LogP contribution in [0.5, 0.6) is 0 Å². The molecule has 410 valence electrons. The molecule has 21 nitrogen and oxygen atoms in total. The molecule has 10 atom stereocenters. The molecular formula is C50H77N3O18P2. The molecule has 0 aromatic carbocycles. The van der Waals surface area contributed by atoms with Gasteiger partial charge in [0, 0.05) is 19.0 Å². The number of nitrogens with zero attached hydrogens (tertiary/aromatic N) is 2. The maximum atomic E-state index is 12.9. The van der Waals surface area contributed by atoms with Gasteiger partial charge in [-0.05, 0) is 76.7 Å². The second kappa shape index (κ2) is 37.3. The SMILES string of the molecule is CC/C=C\C[C@H](O)/C=C/C=C/C=C\C=C/[C@@H](O)[C@H](O)CCCC(=O)O[C@H](COC(=O)CCCC/C=C\C/C=C\C/C=C\CCCCC)COP(=O)(O)OP(=O)(O)OC[C@H]1O[C@@H](n2ccc(N)nc2=O)[C@H](O)[C@@H]1O. The minimum atomic E-state index is -5.53. The lowest BCUT2D eigenvalue weighted by Gasteiger charge is -2.21. The van der Waals surface area contributed by atoms with Crippen LogP contribution in [0.1, 0.15) is 116 Å². The first kappa shape index (κ1) is 64.7. The fourth-order valence-corrected chi connectivity index (χ4v) is 8.65. The number of hydrogen-bond acceptors (Lipinski definition) is 18. The summed E-state index contributed by atoms with van der Waals surface area (Å²) in [6.45, 7) is 1.54. The van der Waals surface area contributed by atoms with Crippen molar-refractivity contribution in [2.45, 2.75) is 159 Å². The summed E-state index contributed by atoms with van der Waals surface area (Å²) < 4.78 is 56.4. The third-order valence-corrected chi connectivity index (χ3v) is 13.1. The van der Waals surface area contributed by atoms with Gasteiger partial charge in [-0.3, -0.25) is 23.2 Å². The van der Waals surface area contributed by atoms with Crippen molar-refractivity contribution in [2.75, 3.05) is 25.6 Å². The van der Waals surface area contributed by atoms with Crippen molar-refractivity contribution >= 4 is 33.4 Å². The molecule has 1 aliphatic rings. The highest BCUT2D eigenvalue weighted by molar-refractivity contribution is 7.61. The van der Waals surface area contributed by atoms with E-state index in [1.807, 2.05) is 31.2 Å². The summed E-state index contributed by atoms with van der Waals surface area (Å²) in [4.78, 5) is 61.9. The highest BCUT2D eigenvalue weighted by Gasteiger charge is 2.46. The van der Waals surface area contributed by atoms with Gasteiger partial charge in [0.25, 0.3) is 0 Å². The summed E-state index contributed by atoms with van der Waals surface area (Å²) in [5, 5.41) is 51.6. The van der Waals surface area contributed by atoms with E-state index in [0.717, 1.165) is 42.9 Å². The van der Waals surface area contributed by atoms with Gasteiger partial charge in [-0.15, -0.1) is 0 Å². The molecule has 23 heteroatoms. The predicted octanol–water partition coefficient (Wildman–Crippen LogP) is 6.57. The van der Waals surface area contributed by atoms with Gasteiger partial charge < -0.3 is 55.3 Å². The number of allylic oxidation sites excluding steroid dienone is 13. The van der Waals surface area contributed by atoms with E-state index >= 15 is 0 Å². The Labute approximate surface area is 428 Å². The Morgan fingerprint density at radius 1 is 0.781 bits per heavy atom. The van der Waals surface area contributed by atoms with E-state index in [-0.39, 0.29) is 31.5 Å². The monoisotopic (exact) mass is 1070 g/mol. The molecule has 0 amide bonds. The third kappa shape index (κ3) is 29.9. The largest absolute Gasteiger partial charge is 0.481 e. The van der Waals surface area contributed by atoms with E-state index in [4.69, 9.17) is 29.0 Å². The van der Waals surface area contributed by atoms with Crippen molar-refractivity contribution in [3.63, 3.8) is 0 Å². The van der Waals surface area contributed by atoms with Crippen molar-refractivity contribution in [3.8, 4) is 0 Å². The van der Waals surface area contributed by atoms with Crippen LogP contribution in [0.3, 0.4) is 0 Å². The fourth-order valence-electron chi connectivity index (χ4n) is 6.54. The number of esters is 2. The lowest BCUT2D eigenvalue weighted by Crippen LogP contribution is -2.36. The number of carbonyl (C=O) groups excluding carboxylic acids is 2. The molecule has 1 saturated heterocycles. The van der Waals surface area contributed by atoms with Crippen molar-refractivity contribution in [1.29, 1.82) is 0 Å². The molecule has 1 aromatic rings. The van der Waals surface area contributed by atoms with Crippen molar-refractivity contribution in [1.82, 2.24) is 9.55 Å². The average molecular weight is 1070 g/mol. The minimum absolute atomic E-state index is 0.00177. The first-order chi connectivity index (χ1) is 34.9. The Kier molecular flexibility index (Phi) is 33.1. The second-order valence-electron chi connectivity index (χ2n) is 16.8. The molecule has 2 rings (SSSR count). The number of hydrogen-bond donors (Lipinski definition) is 8. The van der Waals surface area contributed by atoms with Crippen molar-refractivity contribution < 1.29 is 81.6 Å². The molecule has 0 aliphatic carbocycles. The van der Waals surface area contributed by atoms with Crippen LogP contribution in [0.4, 0.5) is 5.82 Å². The van der Waals surface area contributed by atoms with Crippen molar-refractivity contribution in [3.05, 3.63) is 120 Å². The average Bonchev–Trinajstić information content (AvgIpc) is 3.62. The molecular weight excluding hydrogens is 993 g/mol. The molecule has 2 unspecified atom stereocenters. The number of anilines is 1. The number of phosphoric ester groups is 2. The quantitative estimate of drug-likeness (QED) is 0.0114. The van der Waals surface area contributed by atoms with E-state index in [1.165, 1.54) is 37.5 Å². The third-order valence-electron chi connectivity index (χ3n) is 10.5. The molecule has 9 N–H and O–H groups in total. The second-order valence-corrected chi connectivity index (χ2v) is 19.8. The summed E-state index contributed by atoms with van der Waals surface area (Å²) in [7, 11) is -11.0. The van der Waals surface area contributed by atoms with Gasteiger partial charge in [0.1, 0.15) is 30.7 Å². The molecule has 1 aliphatic heterocycles. The lowest BCUT2D eigenvalue weighted by atomic mass is 10.1. The Morgan fingerprint density at radius 3 is 2.05 bits per heavy atom. The van der Waals surface area contributed by atoms with Crippen LogP contribution in [0.25, 0.3) is 0 Å². The Balaban J connectivity index is 1.93. The number of unbranched alkanes of at least 4 members (excludes halogenated alkanes) is 5. The van der Waals surface area contributed by atoms with Gasteiger partial charge in [0.15, 0.2) is 12.3 Å². The first-order valence-corrected chi connectivity index (χ1v) is 27.6. The number of carbonyl (C=O) groups is 2. The highest BCUT2D eigenvalue weighted by atomic mass is 31.3. The van der Waals surface area contributed by atoms with Crippen LogP contribution < -0.4 is 11.4 Å². The van der Waals surface area contributed by atoms with Crippen molar-refractivity contribution in [2.24, 2.45) is 0 Å². The fraction of sp³-hybridized carbons (Fsp3) is 0.560. The molecule has 73 heavy (non-hydrogen) atoms. The smallest absolute Gasteiger partial charge is 0.462 e. The zero-order chi connectivity index (χ0) is 53.9. The van der Waals surface area contributed by atoms with E-state index < -0.39 is 102 Å². The van der Waals surface area contributed by atoms with E-state index in [2.05, 4.69) is 40.5 Å². The van der Waals surface area contributed by atoms with Gasteiger partial charge in [0.05, 0.1) is 31.5 Å². The van der Waals surface area contributed by atoms with Gasteiger partial charge in [0.2, 0.25) is 0 Å². The van der Waals surface area contributed by atoms with E-state index in [0.29, 0.717) is 19.3 Å². The van der Waals surface area contributed by atoms with Crippen LogP contribution in [0.2, 0.25) is 0 Å². The number of nitrogens with two attached hydrogens (primary N) is 1. The number of nitrogen functional groups attached to an aromatic ring is 1. The van der Waals surface area contributed by atoms with Gasteiger partial charge in [-0.2, -0.15) is 9.29 Å². The first-order valence-electron chi connectivity index (χ1n) is 24.6. The normalized spacial score (nSPS) is 21.1. The Bertz CT molecular complexity index is 2160. The van der Waals surface area contributed by atoms with Gasteiger partial charge >= 0.3 is 33.3 Å². The molecule has 0 saturated carbocycles. The summed E-state index contributed by atoms with van der Waals surface area (Å²) >= 11 is 0. The van der Waals surface area contributed by atoms with Crippen LogP contribution in [0.15, 0.2) is 114 Å². The van der Waals surface area contributed by atoms with Gasteiger partial charge in [-0.25, -0.2) is 13.9 Å². The zero-order valence-corrected chi connectivity index (χ0v) is 43.5. The Morgan fingerprint density at radius 2 is 1.40 bits per heavy atom. The molecule has 1 aromatic heterocycles. The van der Waals surface area contributed by atoms with E-state index in [1.54, 1.807) is 36.5 Å². The minimum Gasteiger partial charge on any atom is -0.462 e. The number of phosphoric acid groups is 2. The summed E-state index contributed by atoms with van der Waals surface area (Å²) in [5.74, 6) is -1.71. The maximum absolute atomic E-state index is 12.9. The van der Waals surface area contributed by atoms with Crippen LogP contribution in [-0.4, -0.2) is 119 Å². The highest BCUT2D eigenvalue weighted by Crippen LogP contribution is 2.60. The summed E-state index contributed by atoms with van der Waals surface area (Å²) in [6.07, 6.45) is 28.6. The summed E-state index contributed by atoms with van der Waals surface area (Å²) in [5.41, 5.74) is 4.54. The number of rotatable bonds is 38. The maximum Gasteiger partial charge on any atom is 0.481 e. The molecule has 2 heterocycles. The number of aliphatic hydroxyl groups excluding tert-OH is 5. The lowest BCUT2D eigenvalue weighted by molar-refractivity contribution is -0.161.